The Kier molecular flexibility index (Phi) is 7.99. The smallest absolute Gasteiger partial charge is 0.456 e. The first-order valence-corrected chi connectivity index (χ1v) is 11.6. The summed E-state index contributed by atoms with van der Waals surface area (Å²) in [4.78, 5) is 63.2. The van der Waals surface area contributed by atoms with E-state index in [4.69, 9.17) is 24.0 Å². The van der Waals surface area contributed by atoms with Crippen LogP contribution in [0.1, 0.15) is 20.3 Å². The Bertz CT molecular complexity index is 770. The van der Waals surface area contributed by atoms with Crippen LogP contribution in [0.4, 0.5) is 4.79 Å². The molecule has 0 aromatic heterocycles. The molecule has 1 unspecified atom stereocenters. The number of carbonyl (C=O) groups excluding carboxylic acids is 3. The largest absolute Gasteiger partial charge is 0.481 e. The number of phosphoric acid groups is 2. The summed E-state index contributed by atoms with van der Waals surface area (Å²) in [6.07, 6.45) is -4.70. The monoisotopic (exact) mass is 476 g/mol. The average Bonchev–Trinajstić information content (AvgIpc) is 2.88. The Hall–Kier alpha value is -1.57. The third kappa shape index (κ3) is 7.00. The van der Waals surface area contributed by atoms with Crippen molar-refractivity contribution >= 4 is 33.6 Å². The van der Waals surface area contributed by atoms with Crippen LogP contribution >= 0.6 is 15.6 Å². The van der Waals surface area contributed by atoms with E-state index in [1.54, 1.807) is 0 Å². The summed E-state index contributed by atoms with van der Waals surface area (Å²) < 4.78 is 46.6. The van der Waals surface area contributed by atoms with Gasteiger partial charge in [0.1, 0.15) is 6.10 Å². The molecule has 0 bridgehead atoms. The highest BCUT2D eigenvalue weighted by Crippen LogP contribution is 2.57. The standard InChI is InChI=1S/C13H22N2O13P2/c1-7(16)25-10-9(6-24-30(22,23)28-29(19,20)21)27-12(11(10)26-8(2)17)15-5-3-4-14-13(15)18/h9-12H,3-6H2,1-2H3,(H,14,18)(H,22,23)(H2,19,20,21)/t9-,10-,11-,12-/m1/s1. The van der Waals surface area contributed by atoms with Gasteiger partial charge in [0.25, 0.3) is 0 Å². The molecule has 0 radical (unpaired) electrons. The molecule has 2 fully saturated rings. The van der Waals surface area contributed by atoms with Gasteiger partial charge in [0.2, 0.25) is 0 Å². The molecular weight excluding hydrogens is 454 g/mol. The Morgan fingerprint density at radius 2 is 1.77 bits per heavy atom. The Morgan fingerprint density at radius 3 is 2.30 bits per heavy atom. The van der Waals surface area contributed by atoms with Gasteiger partial charge in [-0.25, -0.2) is 13.9 Å². The van der Waals surface area contributed by atoms with Crippen molar-refractivity contribution in [3.05, 3.63) is 0 Å². The number of urea groups is 1. The Labute approximate surface area is 170 Å². The lowest BCUT2D eigenvalue weighted by Gasteiger charge is -2.34. The van der Waals surface area contributed by atoms with Gasteiger partial charge in [0, 0.05) is 26.9 Å². The van der Waals surface area contributed by atoms with E-state index < -0.39 is 64.8 Å². The van der Waals surface area contributed by atoms with E-state index in [9.17, 15) is 28.4 Å². The van der Waals surface area contributed by atoms with Crippen LogP contribution in [0.25, 0.3) is 0 Å². The number of nitrogens with zero attached hydrogens (tertiary/aromatic N) is 1. The van der Waals surface area contributed by atoms with Crippen molar-refractivity contribution in [3.8, 4) is 0 Å². The molecule has 2 saturated heterocycles. The number of rotatable bonds is 8. The number of hydrogen-bond donors (Lipinski definition) is 4. The lowest BCUT2D eigenvalue weighted by atomic mass is 10.1. The minimum Gasteiger partial charge on any atom is -0.456 e. The van der Waals surface area contributed by atoms with Crippen LogP contribution in [0.15, 0.2) is 0 Å². The van der Waals surface area contributed by atoms with Gasteiger partial charge in [0.05, 0.1) is 6.61 Å². The zero-order valence-corrected chi connectivity index (χ0v) is 17.7. The molecule has 30 heavy (non-hydrogen) atoms. The average molecular weight is 476 g/mol. The van der Waals surface area contributed by atoms with Gasteiger partial charge in [0.15, 0.2) is 18.4 Å². The van der Waals surface area contributed by atoms with Crippen molar-refractivity contribution in [2.45, 2.75) is 44.8 Å². The molecule has 4 N–H and O–H groups in total. The van der Waals surface area contributed by atoms with E-state index in [2.05, 4.69) is 14.2 Å². The Morgan fingerprint density at radius 1 is 1.17 bits per heavy atom. The molecule has 5 atom stereocenters. The van der Waals surface area contributed by atoms with Crippen molar-refractivity contribution < 1.29 is 61.2 Å². The molecule has 172 valence electrons. The molecule has 0 aliphatic carbocycles. The second kappa shape index (κ2) is 9.71. The minimum absolute atomic E-state index is 0.217. The summed E-state index contributed by atoms with van der Waals surface area (Å²) in [6.45, 7) is 1.91. The molecule has 15 nitrogen and oxygen atoms in total. The third-order valence-electron chi connectivity index (χ3n) is 3.92. The predicted molar refractivity (Wildman–Crippen MR) is 93.4 cm³/mol. The molecule has 0 aromatic rings. The fourth-order valence-electron chi connectivity index (χ4n) is 2.96. The first-order chi connectivity index (χ1) is 13.8. The minimum atomic E-state index is -5.35. The number of carbonyl (C=O) groups is 3. The summed E-state index contributed by atoms with van der Waals surface area (Å²) in [7, 11) is -10.6. The Balaban J connectivity index is 2.24. The van der Waals surface area contributed by atoms with E-state index in [0.29, 0.717) is 13.0 Å². The molecule has 17 heteroatoms. The van der Waals surface area contributed by atoms with Gasteiger partial charge in [-0.3, -0.25) is 19.0 Å². The molecule has 0 spiro atoms. The SMILES string of the molecule is CC(=O)O[C@@H]1[C@H](OC(C)=O)[C@@H](COP(=O)(O)OP(=O)(O)O)O[C@H]1N1CCCNC1=O. The zero-order chi connectivity index (χ0) is 22.7. The summed E-state index contributed by atoms with van der Waals surface area (Å²) in [6, 6.07) is -0.538. The molecule has 2 rings (SSSR count). The second-order valence-corrected chi connectivity index (χ2v) is 9.16. The van der Waals surface area contributed by atoms with Crippen LogP contribution in [0.3, 0.4) is 0 Å². The highest BCUT2D eigenvalue weighted by atomic mass is 31.3. The number of hydrogen-bond acceptors (Lipinski definition) is 10. The van der Waals surface area contributed by atoms with Crippen LogP contribution in [-0.4, -0.2) is 81.8 Å². The number of esters is 2. The van der Waals surface area contributed by atoms with Gasteiger partial charge in [-0.1, -0.05) is 0 Å². The molecule has 2 amide bonds. The third-order valence-corrected chi connectivity index (χ3v) is 6.07. The van der Waals surface area contributed by atoms with Gasteiger partial charge in [-0.2, -0.15) is 4.31 Å². The molecule has 2 aliphatic heterocycles. The van der Waals surface area contributed by atoms with Crippen molar-refractivity contribution in [3.63, 3.8) is 0 Å². The van der Waals surface area contributed by atoms with Gasteiger partial charge >= 0.3 is 33.6 Å². The van der Waals surface area contributed by atoms with Crippen LogP contribution in [0, 0.1) is 0 Å². The zero-order valence-electron chi connectivity index (χ0n) is 15.9. The van der Waals surface area contributed by atoms with Crippen molar-refractivity contribution in [1.29, 1.82) is 0 Å². The molecular formula is C13H22N2O13P2. The number of nitrogens with one attached hydrogen (secondary N) is 1. The summed E-state index contributed by atoms with van der Waals surface area (Å²) in [5, 5.41) is 2.57. The van der Waals surface area contributed by atoms with Gasteiger partial charge in [-0.05, 0) is 6.42 Å². The number of ether oxygens (including phenoxy) is 3. The van der Waals surface area contributed by atoms with E-state index >= 15 is 0 Å². The fraction of sp³-hybridized carbons (Fsp3) is 0.769. The van der Waals surface area contributed by atoms with Crippen LogP contribution in [0.2, 0.25) is 0 Å². The van der Waals surface area contributed by atoms with Crippen LogP contribution < -0.4 is 5.32 Å². The quantitative estimate of drug-likeness (QED) is 0.251. The van der Waals surface area contributed by atoms with Crippen molar-refractivity contribution in [1.82, 2.24) is 10.2 Å². The lowest BCUT2D eigenvalue weighted by Crippen LogP contribution is -2.55. The number of phosphoric ester groups is 1. The molecule has 0 aromatic carbocycles. The molecule has 0 saturated carbocycles. The van der Waals surface area contributed by atoms with Crippen molar-refractivity contribution in [2.75, 3.05) is 19.7 Å². The highest BCUT2D eigenvalue weighted by Gasteiger charge is 2.53. The number of amides is 2. The van der Waals surface area contributed by atoms with Crippen molar-refractivity contribution in [2.24, 2.45) is 0 Å². The predicted octanol–water partition coefficient (Wildman–Crippen LogP) is -0.784. The summed E-state index contributed by atoms with van der Waals surface area (Å²) in [5.74, 6) is -1.59. The van der Waals surface area contributed by atoms with E-state index in [0.717, 1.165) is 13.8 Å². The van der Waals surface area contributed by atoms with E-state index in [-0.39, 0.29) is 6.54 Å². The van der Waals surface area contributed by atoms with Crippen LogP contribution in [-0.2, 0) is 41.8 Å². The first-order valence-electron chi connectivity index (χ1n) is 8.57. The van der Waals surface area contributed by atoms with Crippen LogP contribution in [0.5, 0.6) is 0 Å². The van der Waals surface area contributed by atoms with Gasteiger partial charge < -0.3 is 34.2 Å². The molecule has 2 heterocycles. The normalized spacial score (nSPS) is 29.1. The first kappa shape index (κ1) is 24.7. The van der Waals surface area contributed by atoms with E-state index in [1.165, 1.54) is 4.90 Å². The maximum atomic E-state index is 12.2. The molecule has 2 aliphatic rings. The summed E-state index contributed by atoms with van der Waals surface area (Å²) >= 11 is 0. The lowest BCUT2D eigenvalue weighted by molar-refractivity contribution is -0.166. The maximum absolute atomic E-state index is 12.2. The maximum Gasteiger partial charge on any atom is 0.481 e. The highest BCUT2D eigenvalue weighted by molar-refractivity contribution is 7.60. The van der Waals surface area contributed by atoms with E-state index in [1.807, 2.05) is 0 Å². The summed E-state index contributed by atoms with van der Waals surface area (Å²) in [5.41, 5.74) is 0. The fourth-order valence-corrected chi connectivity index (χ4v) is 4.56. The van der Waals surface area contributed by atoms with Gasteiger partial charge in [-0.15, -0.1) is 0 Å². The topological polar surface area (TPSA) is 207 Å². The second-order valence-electron chi connectivity index (χ2n) is 6.33.